The van der Waals surface area contributed by atoms with Crippen LogP contribution in [0.25, 0.3) is 0 Å². The van der Waals surface area contributed by atoms with Gasteiger partial charge >= 0.3 is 0 Å². The minimum absolute atomic E-state index is 0. The first-order valence-electron chi connectivity index (χ1n) is 0. The average molecular weight is 641 g/mol. The fourth-order valence-corrected chi connectivity index (χ4v) is 0. The Morgan fingerprint density at radius 3 is 0.500 bits per heavy atom. The van der Waals surface area contributed by atoms with Crippen LogP contribution in [-0.4, -0.2) is 0 Å². The van der Waals surface area contributed by atoms with Crippen molar-refractivity contribution in [3.63, 3.8) is 0 Å². The van der Waals surface area contributed by atoms with Gasteiger partial charge in [0.1, 0.15) is 0 Å². The summed E-state index contributed by atoms with van der Waals surface area (Å²) in [5.74, 6) is 0. The van der Waals surface area contributed by atoms with Crippen LogP contribution >= 0.6 is 0 Å². The van der Waals surface area contributed by atoms with Crippen molar-refractivity contribution in [2.24, 2.45) is 0 Å². The zero-order chi connectivity index (χ0) is 0. The molecule has 0 unspecified atom stereocenters. The monoisotopic (exact) mass is 641 g/mol. The molecule has 0 nitrogen and oxygen atoms in total. The summed E-state index contributed by atoms with van der Waals surface area (Å²) < 4.78 is 0. The van der Waals surface area contributed by atoms with E-state index in [0.717, 1.165) is 0 Å². The molecule has 38 valence electrons. The van der Waals surface area contributed by atoms with Crippen molar-refractivity contribution in [1.29, 1.82) is 0 Å². The maximum atomic E-state index is 0. The number of rotatable bonds is 0. The van der Waals surface area contributed by atoms with Crippen molar-refractivity contribution in [1.82, 2.24) is 0 Å². The van der Waals surface area contributed by atoms with Crippen molar-refractivity contribution in [2.75, 3.05) is 0 Å². The van der Waals surface area contributed by atoms with Crippen molar-refractivity contribution in [3.05, 3.63) is 0 Å². The van der Waals surface area contributed by atoms with Gasteiger partial charge in [0.25, 0.3) is 0 Å². The zero-order valence-electron chi connectivity index (χ0n) is 1.30. The first-order valence-corrected chi connectivity index (χ1v) is 0. The molecule has 0 aromatic rings. The minimum Gasteiger partial charge on any atom is 0 e. The van der Waals surface area contributed by atoms with Crippen LogP contribution in [0.5, 0.6) is 0 Å². The third-order valence-corrected chi connectivity index (χ3v) is 0. The van der Waals surface area contributed by atoms with Crippen molar-refractivity contribution >= 4 is 0 Å². The summed E-state index contributed by atoms with van der Waals surface area (Å²) in [6, 6.07) is 0. The summed E-state index contributed by atoms with van der Waals surface area (Å²) >= 11 is 0. The molecule has 0 aromatic carbocycles. The second-order valence-electron chi connectivity index (χ2n) is 0. The summed E-state index contributed by atoms with van der Waals surface area (Å²) in [4.78, 5) is 0. The van der Waals surface area contributed by atoms with E-state index in [0.29, 0.717) is 0 Å². The molecular formula is FePt3. The summed E-state index contributed by atoms with van der Waals surface area (Å²) in [7, 11) is 0. The molecule has 0 saturated heterocycles. The van der Waals surface area contributed by atoms with Crippen LogP contribution in [0.2, 0.25) is 0 Å². The van der Waals surface area contributed by atoms with Crippen LogP contribution in [0.1, 0.15) is 0 Å². The molecule has 0 aliphatic heterocycles. The van der Waals surface area contributed by atoms with Crippen molar-refractivity contribution in [3.8, 4) is 0 Å². The molecule has 4 heavy (non-hydrogen) atoms. The van der Waals surface area contributed by atoms with Gasteiger partial charge in [0.2, 0.25) is 0 Å². The van der Waals surface area contributed by atoms with E-state index in [9.17, 15) is 0 Å². The van der Waals surface area contributed by atoms with Gasteiger partial charge in [0, 0.05) is 80.3 Å². The topological polar surface area (TPSA) is 0 Å². The largest absolute Gasteiger partial charge is 0 e. The normalized spacial score (nSPS) is 0. The Morgan fingerprint density at radius 2 is 0.500 bits per heavy atom. The van der Waals surface area contributed by atoms with Crippen LogP contribution in [-0.2, 0) is 80.3 Å². The Kier molecular flexibility index (Phi) is 135. The molecule has 0 atom stereocenters. The van der Waals surface area contributed by atoms with Crippen LogP contribution in [0.15, 0.2) is 0 Å². The Balaban J connectivity index is 0. The zero-order valence-corrected chi connectivity index (χ0v) is 9.22. The molecule has 0 radical (unpaired) electrons. The SMILES string of the molecule is [Fe].[Pt].[Pt].[Pt]. The average Bonchev–Trinajstić information content (AvgIpc) is 0. The molecule has 0 N–H and O–H groups in total. The second kappa shape index (κ2) is 17.6. The standard InChI is InChI=1S/Fe.3Pt. The fraction of sp³-hybridized carbons (Fsp3) is 0. The van der Waals surface area contributed by atoms with E-state index in [1.165, 1.54) is 0 Å². The molecule has 0 bridgehead atoms. The third-order valence-electron chi connectivity index (χ3n) is 0. The smallest absolute Gasteiger partial charge is 0 e. The minimum atomic E-state index is 0. The van der Waals surface area contributed by atoms with Gasteiger partial charge in [-0.1, -0.05) is 0 Å². The predicted molar refractivity (Wildman–Crippen MR) is 0 cm³/mol. The predicted octanol–water partition coefficient (Wildman–Crippen LogP) is -0.0100. The fourth-order valence-electron chi connectivity index (χ4n) is 0. The Morgan fingerprint density at radius 1 is 0.500 bits per heavy atom. The third kappa shape index (κ3) is 8.82. The molecule has 0 rings (SSSR count). The molecule has 0 spiro atoms. The van der Waals surface area contributed by atoms with Gasteiger partial charge in [-0.25, -0.2) is 0 Å². The maximum Gasteiger partial charge on any atom is 0 e. The Hall–Kier alpha value is 2.58. The molecule has 0 aliphatic carbocycles. The molecule has 0 aliphatic rings. The van der Waals surface area contributed by atoms with E-state index in [1.807, 2.05) is 0 Å². The van der Waals surface area contributed by atoms with Crippen LogP contribution in [0.4, 0.5) is 0 Å². The molecule has 0 fully saturated rings. The molecule has 4 heteroatoms. The Bertz CT molecular complexity index is 3.25. The summed E-state index contributed by atoms with van der Waals surface area (Å²) in [6.07, 6.45) is 0. The second-order valence-corrected chi connectivity index (χ2v) is 0. The van der Waals surface area contributed by atoms with Gasteiger partial charge in [-0.2, -0.15) is 0 Å². The Labute approximate surface area is 79.1 Å². The number of hydrogen-bond donors (Lipinski definition) is 0. The quantitative estimate of drug-likeness (QED) is 0.327. The number of hydrogen-bond acceptors (Lipinski definition) is 0. The summed E-state index contributed by atoms with van der Waals surface area (Å²) in [5.41, 5.74) is 0. The van der Waals surface area contributed by atoms with Crippen LogP contribution in [0.3, 0.4) is 0 Å². The van der Waals surface area contributed by atoms with Gasteiger partial charge in [0.15, 0.2) is 0 Å². The van der Waals surface area contributed by atoms with Crippen LogP contribution < -0.4 is 0 Å². The van der Waals surface area contributed by atoms with Crippen molar-refractivity contribution in [2.45, 2.75) is 0 Å². The van der Waals surface area contributed by atoms with E-state index in [1.54, 1.807) is 0 Å². The van der Waals surface area contributed by atoms with Gasteiger partial charge < -0.3 is 0 Å². The molecule has 0 heterocycles. The first-order chi connectivity index (χ1) is 0. The van der Waals surface area contributed by atoms with E-state index in [-0.39, 0.29) is 80.3 Å². The van der Waals surface area contributed by atoms with Gasteiger partial charge in [-0.05, 0) is 0 Å². The van der Waals surface area contributed by atoms with Gasteiger partial charge in [-0.15, -0.1) is 0 Å². The summed E-state index contributed by atoms with van der Waals surface area (Å²) in [5, 5.41) is 0. The van der Waals surface area contributed by atoms with Crippen molar-refractivity contribution < 1.29 is 80.3 Å². The maximum absolute atomic E-state index is 0. The van der Waals surface area contributed by atoms with Crippen LogP contribution in [0, 0.1) is 0 Å². The van der Waals surface area contributed by atoms with Gasteiger partial charge in [-0.3, -0.25) is 0 Å². The van der Waals surface area contributed by atoms with E-state index >= 15 is 0 Å². The molecule has 0 saturated carbocycles. The van der Waals surface area contributed by atoms with Gasteiger partial charge in [0.05, 0.1) is 0 Å². The first kappa shape index (κ1) is 30.7. The molecule has 0 aromatic heterocycles. The molecule has 0 amide bonds. The summed E-state index contributed by atoms with van der Waals surface area (Å²) in [6.45, 7) is 0. The van der Waals surface area contributed by atoms with E-state index in [2.05, 4.69) is 0 Å². The van der Waals surface area contributed by atoms with E-state index in [4.69, 9.17) is 0 Å². The van der Waals surface area contributed by atoms with E-state index < -0.39 is 0 Å². The molecular weight excluding hydrogens is 641 g/mol.